The molecule has 7 heteroatoms. The highest BCUT2D eigenvalue weighted by Crippen LogP contribution is 2.34. The summed E-state index contributed by atoms with van der Waals surface area (Å²) in [6.45, 7) is 3.98. The number of rotatable bonds is 6. The lowest BCUT2D eigenvalue weighted by molar-refractivity contribution is 0.0508. The fraction of sp³-hybridized carbons (Fsp3) is 0.292. The molecule has 2 amide bonds. The van der Waals surface area contributed by atoms with Gasteiger partial charge in [-0.15, -0.1) is 0 Å². The van der Waals surface area contributed by atoms with Crippen molar-refractivity contribution in [1.29, 1.82) is 0 Å². The van der Waals surface area contributed by atoms with E-state index < -0.39 is 0 Å². The summed E-state index contributed by atoms with van der Waals surface area (Å²) in [4.78, 5) is 22.2. The van der Waals surface area contributed by atoms with E-state index in [0.29, 0.717) is 24.9 Å². The van der Waals surface area contributed by atoms with E-state index in [1.54, 1.807) is 18.5 Å². The topological polar surface area (TPSA) is 76.1 Å². The average Bonchev–Trinajstić information content (AvgIpc) is 2.81. The van der Waals surface area contributed by atoms with Gasteiger partial charge >= 0.3 is 6.03 Å². The minimum atomic E-state index is -0.198. The first-order valence-corrected chi connectivity index (χ1v) is 11.2. The summed E-state index contributed by atoms with van der Waals surface area (Å²) >= 11 is 1.49. The number of hydrogen-bond acceptors (Lipinski definition) is 5. The van der Waals surface area contributed by atoms with Gasteiger partial charge in [0.25, 0.3) is 0 Å². The number of benzene rings is 2. The molecule has 2 heterocycles. The molecule has 1 fully saturated rings. The van der Waals surface area contributed by atoms with Crippen molar-refractivity contribution in [3.63, 3.8) is 0 Å². The Balaban J connectivity index is 1.39. The predicted octanol–water partition coefficient (Wildman–Crippen LogP) is 4.81. The van der Waals surface area contributed by atoms with E-state index in [-0.39, 0.29) is 11.4 Å². The summed E-state index contributed by atoms with van der Waals surface area (Å²) in [5, 5.41) is 6.78. The maximum absolute atomic E-state index is 12.7. The average molecular weight is 435 g/mol. The molecule has 0 radical (unpaired) electrons. The zero-order chi connectivity index (χ0) is 21.5. The summed E-state index contributed by atoms with van der Waals surface area (Å²) in [6.07, 6.45) is 5.24. The number of ether oxygens (including phenoxy) is 1. The molecule has 1 aliphatic rings. The summed E-state index contributed by atoms with van der Waals surface area (Å²) < 4.78 is 5.58. The highest BCUT2D eigenvalue weighted by atomic mass is 32.2. The van der Waals surface area contributed by atoms with Gasteiger partial charge in [-0.2, -0.15) is 0 Å². The first kappa shape index (κ1) is 21.3. The van der Waals surface area contributed by atoms with Crippen molar-refractivity contribution in [2.75, 3.05) is 25.1 Å². The molecule has 0 unspecified atom stereocenters. The number of carbonyl (C=O) groups is 1. The van der Waals surface area contributed by atoms with Crippen molar-refractivity contribution in [1.82, 2.24) is 15.3 Å². The van der Waals surface area contributed by atoms with Gasteiger partial charge in [0.15, 0.2) is 5.16 Å². The van der Waals surface area contributed by atoms with E-state index in [1.165, 1.54) is 17.3 Å². The summed E-state index contributed by atoms with van der Waals surface area (Å²) in [7, 11) is 0. The van der Waals surface area contributed by atoms with Crippen molar-refractivity contribution in [2.24, 2.45) is 0 Å². The first-order chi connectivity index (χ1) is 15.1. The molecule has 3 aromatic rings. The number of amides is 2. The maximum atomic E-state index is 12.7. The van der Waals surface area contributed by atoms with E-state index in [4.69, 9.17) is 4.74 Å². The zero-order valence-corrected chi connectivity index (χ0v) is 18.3. The van der Waals surface area contributed by atoms with Crippen LogP contribution >= 0.6 is 11.8 Å². The predicted molar refractivity (Wildman–Crippen MR) is 123 cm³/mol. The van der Waals surface area contributed by atoms with Gasteiger partial charge in [-0.1, -0.05) is 30.3 Å². The van der Waals surface area contributed by atoms with Gasteiger partial charge in [-0.3, -0.25) is 0 Å². The number of anilines is 1. The second-order valence-electron chi connectivity index (χ2n) is 7.68. The van der Waals surface area contributed by atoms with E-state index in [2.05, 4.69) is 44.9 Å². The Morgan fingerprint density at radius 1 is 1.06 bits per heavy atom. The van der Waals surface area contributed by atoms with Crippen LogP contribution in [0.1, 0.15) is 24.0 Å². The molecular weight excluding hydrogens is 408 g/mol. The molecule has 2 aromatic carbocycles. The van der Waals surface area contributed by atoms with Crippen LogP contribution in [0.3, 0.4) is 0 Å². The van der Waals surface area contributed by atoms with E-state index in [0.717, 1.165) is 29.0 Å². The van der Waals surface area contributed by atoms with Gasteiger partial charge in [0.05, 0.1) is 0 Å². The van der Waals surface area contributed by atoms with Crippen LogP contribution in [-0.4, -0.2) is 35.8 Å². The molecule has 0 bridgehead atoms. The second-order valence-corrected chi connectivity index (χ2v) is 8.72. The smallest absolute Gasteiger partial charge is 0.319 e. The third-order valence-electron chi connectivity index (χ3n) is 5.62. The lowest BCUT2D eigenvalue weighted by Gasteiger charge is -2.38. The standard InChI is InChI=1S/C24H26N4O2S/c1-18-16-20(31-23-25-12-5-13-26-23)8-9-21(18)28-22(29)27-17-24(10-14-30-15-11-24)19-6-3-2-4-7-19/h2-9,12-13,16H,10-11,14-15,17H2,1H3,(H2,27,28,29). The Kier molecular flexibility index (Phi) is 6.84. The molecule has 1 saturated heterocycles. The molecular formula is C24H26N4O2S. The minimum absolute atomic E-state index is 0.0952. The van der Waals surface area contributed by atoms with Crippen LogP contribution in [0.4, 0.5) is 10.5 Å². The summed E-state index contributed by atoms with van der Waals surface area (Å²) in [6, 6.07) is 17.9. The van der Waals surface area contributed by atoms with Gasteiger partial charge < -0.3 is 15.4 Å². The first-order valence-electron chi connectivity index (χ1n) is 10.4. The van der Waals surface area contributed by atoms with Crippen LogP contribution in [0.5, 0.6) is 0 Å². The van der Waals surface area contributed by atoms with Crippen molar-refractivity contribution in [2.45, 2.75) is 35.2 Å². The van der Waals surface area contributed by atoms with Crippen LogP contribution < -0.4 is 10.6 Å². The number of aromatic nitrogens is 2. The minimum Gasteiger partial charge on any atom is -0.381 e. The van der Waals surface area contributed by atoms with Crippen LogP contribution in [0.25, 0.3) is 0 Å². The molecule has 0 spiro atoms. The van der Waals surface area contributed by atoms with Gasteiger partial charge in [0.1, 0.15) is 0 Å². The highest BCUT2D eigenvalue weighted by Gasteiger charge is 2.34. The van der Waals surface area contributed by atoms with Crippen LogP contribution in [0.15, 0.2) is 77.0 Å². The van der Waals surface area contributed by atoms with Gasteiger partial charge in [0.2, 0.25) is 0 Å². The number of nitrogens with zero attached hydrogens (tertiary/aromatic N) is 2. The number of hydrogen-bond donors (Lipinski definition) is 2. The molecule has 0 aliphatic carbocycles. The Morgan fingerprint density at radius 3 is 2.52 bits per heavy atom. The molecule has 6 nitrogen and oxygen atoms in total. The molecule has 160 valence electrons. The highest BCUT2D eigenvalue weighted by molar-refractivity contribution is 7.99. The number of urea groups is 1. The van der Waals surface area contributed by atoms with E-state index in [9.17, 15) is 4.79 Å². The fourth-order valence-corrected chi connectivity index (χ4v) is 4.63. The quantitative estimate of drug-likeness (QED) is 0.545. The lowest BCUT2D eigenvalue weighted by atomic mass is 9.74. The molecule has 4 rings (SSSR count). The van der Waals surface area contributed by atoms with Crippen LogP contribution in [0, 0.1) is 6.92 Å². The Hall–Kier alpha value is -2.90. The normalized spacial score (nSPS) is 15.3. The van der Waals surface area contributed by atoms with Crippen molar-refractivity contribution in [3.05, 3.63) is 78.1 Å². The monoisotopic (exact) mass is 434 g/mol. The summed E-state index contributed by atoms with van der Waals surface area (Å²) in [5.74, 6) is 0. The van der Waals surface area contributed by atoms with Crippen molar-refractivity contribution in [3.8, 4) is 0 Å². The van der Waals surface area contributed by atoms with E-state index >= 15 is 0 Å². The fourth-order valence-electron chi connectivity index (χ4n) is 3.82. The van der Waals surface area contributed by atoms with Gasteiger partial charge in [-0.05, 0) is 66.9 Å². The van der Waals surface area contributed by atoms with Crippen LogP contribution in [-0.2, 0) is 10.2 Å². The lowest BCUT2D eigenvalue weighted by Crippen LogP contribution is -2.45. The number of nitrogens with one attached hydrogen (secondary N) is 2. The Labute approximate surface area is 186 Å². The molecule has 0 atom stereocenters. The second kappa shape index (κ2) is 9.94. The Morgan fingerprint density at radius 2 is 1.81 bits per heavy atom. The number of carbonyl (C=O) groups excluding carboxylic acids is 1. The zero-order valence-electron chi connectivity index (χ0n) is 17.5. The van der Waals surface area contributed by atoms with Gasteiger partial charge in [-0.25, -0.2) is 14.8 Å². The van der Waals surface area contributed by atoms with Crippen molar-refractivity contribution < 1.29 is 9.53 Å². The number of aryl methyl sites for hydroxylation is 1. The maximum Gasteiger partial charge on any atom is 0.319 e. The Bertz CT molecular complexity index is 1010. The molecule has 2 N–H and O–H groups in total. The molecule has 0 saturated carbocycles. The third kappa shape index (κ3) is 5.42. The largest absolute Gasteiger partial charge is 0.381 e. The third-order valence-corrected chi connectivity index (χ3v) is 6.50. The van der Waals surface area contributed by atoms with Crippen LogP contribution in [0.2, 0.25) is 0 Å². The molecule has 1 aromatic heterocycles. The van der Waals surface area contributed by atoms with E-state index in [1.807, 2.05) is 31.2 Å². The SMILES string of the molecule is Cc1cc(Sc2ncccn2)ccc1NC(=O)NCC1(c2ccccc2)CCOCC1. The summed E-state index contributed by atoms with van der Waals surface area (Å²) in [5.41, 5.74) is 2.93. The molecule has 1 aliphatic heterocycles. The van der Waals surface area contributed by atoms with Gasteiger partial charge in [0, 0.05) is 48.2 Å². The van der Waals surface area contributed by atoms with Crippen molar-refractivity contribution >= 4 is 23.5 Å². The molecule has 31 heavy (non-hydrogen) atoms.